The van der Waals surface area contributed by atoms with Crippen molar-refractivity contribution < 1.29 is 27.7 Å². The number of hydrogen-bond donors (Lipinski definition) is 3. The number of hydrogen-bond acceptors (Lipinski definition) is 8. The van der Waals surface area contributed by atoms with Crippen LogP contribution in [0.2, 0.25) is 0 Å². The summed E-state index contributed by atoms with van der Waals surface area (Å²) in [6, 6.07) is 0.0876. The molecule has 1 heterocycles. The fourth-order valence-corrected chi connectivity index (χ4v) is 5.56. The van der Waals surface area contributed by atoms with Gasteiger partial charge in [-0.2, -0.15) is 3.89 Å². The van der Waals surface area contributed by atoms with Crippen molar-refractivity contribution in [3.05, 3.63) is 11.6 Å². The Labute approximate surface area is 203 Å². The molecule has 0 aromatic heterocycles. The fraction of sp³-hybridized carbons (Fsp3) is 0.818. The Morgan fingerprint density at radius 3 is 2.39 bits per heavy atom. The quantitative estimate of drug-likeness (QED) is 0.135. The maximum absolute atomic E-state index is 12.7. The number of carbonyl (C=O) groups excluding carboxylic acids is 2. The van der Waals surface area contributed by atoms with E-state index in [4.69, 9.17) is 14.2 Å². The average molecular weight is 506 g/mol. The topological polar surface area (TPSA) is 101 Å². The molecule has 3 rings (SSSR count). The van der Waals surface area contributed by atoms with E-state index in [-0.39, 0.29) is 59.4 Å². The molecule has 1 aliphatic heterocycles. The zero-order chi connectivity index (χ0) is 23.8. The molecule has 1 spiro atoms. The number of rotatable bonds is 10. The highest BCUT2D eigenvalue weighted by atomic mass is 33.1. The third-order valence-corrected chi connectivity index (χ3v) is 7.72. The summed E-state index contributed by atoms with van der Waals surface area (Å²) in [5, 5.41) is 5.94. The first-order valence-corrected chi connectivity index (χ1v) is 13.7. The Morgan fingerprint density at radius 1 is 1.15 bits per heavy atom. The summed E-state index contributed by atoms with van der Waals surface area (Å²) in [5.41, 5.74) is 1.12. The van der Waals surface area contributed by atoms with Gasteiger partial charge in [0.1, 0.15) is 23.4 Å². The van der Waals surface area contributed by atoms with Crippen LogP contribution in [-0.2, 0) is 19.0 Å². The lowest BCUT2D eigenvalue weighted by atomic mass is 9.73. The number of methoxy groups -OCH3 is 1. The highest BCUT2D eigenvalue weighted by Gasteiger charge is 2.58. The molecule has 3 aliphatic rings. The summed E-state index contributed by atoms with van der Waals surface area (Å²) in [6.07, 6.45) is 6.81. The number of allylic oxidation sites excluding steroid dienone is 2. The number of halogens is 1. The van der Waals surface area contributed by atoms with Gasteiger partial charge in [0.2, 0.25) is 5.91 Å². The van der Waals surface area contributed by atoms with Crippen LogP contribution in [0.4, 0.5) is 8.68 Å². The fourth-order valence-electron chi connectivity index (χ4n) is 5.02. The molecule has 3 unspecified atom stereocenters. The maximum Gasteiger partial charge on any atom is 0.407 e. The predicted octanol–water partition coefficient (Wildman–Crippen LogP) is 3.83. The van der Waals surface area contributed by atoms with Crippen LogP contribution in [0.1, 0.15) is 58.8 Å². The van der Waals surface area contributed by atoms with Gasteiger partial charge in [0.25, 0.3) is 0 Å². The van der Waals surface area contributed by atoms with Gasteiger partial charge in [-0.15, -0.1) is 0 Å². The average Bonchev–Trinajstić information content (AvgIpc) is 3.55. The molecule has 2 aliphatic carbocycles. The van der Waals surface area contributed by atoms with Crippen LogP contribution in [0.15, 0.2) is 11.6 Å². The van der Waals surface area contributed by atoms with E-state index in [2.05, 4.69) is 35.3 Å². The molecule has 11 heteroatoms. The smallest absolute Gasteiger partial charge is 0.407 e. The van der Waals surface area contributed by atoms with E-state index < -0.39 is 6.09 Å². The summed E-state index contributed by atoms with van der Waals surface area (Å²) in [5.74, 6) is 0.00902. The summed E-state index contributed by atoms with van der Waals surface area (Å²) < 4.78 is 32.1. The number of amides is 2. The van der Waals surface area contributed by atoms with Gasteiger partial charge in [-0.05, 0) is 58.8 Å². The summed E-state index contributed by atoms with van der Waals surface area (Å²) in [4.78, 5) is 24.5. The van der Waals surface area contributed by atoms with Crippen LogP contribution in [0.5, 0.6) is 0 Å². The molecular weight excluding hydrogens is 469 g/mol. The maximum atomic E-state index is 12.7. The zero-order valence-corrected chi connectivity index (χ0v) is 21.2. The van der Waals surface area contributed by atoms with E-state index in [0.717, 1.165) is 62.5 Å². The molecule has 1 saturated heterocycles. The van der Waals surface area contributed by atoms with Gasteiger partial charge in [0.15, 0.2) is 0 Å². The normalized spacial score (nSPS) is 33.3. The van der Waals surface area contributed by atoms with Crippen molar-refractivity contribution in [1.82, 2.24) is 15.4 Å². The zero-order valence-electron chi connectivity index (χ0n) is 19.6. The van der Waals surface area contributed by atoms with E-state index in [1.807, 2.05) is 0 Å². The summed E-state index contributed by atoms with van der Waals surface area (Å²) in [7, 11) is 2.46. The molecule has 0 aromatic rings. The van der Waals surface area contributed by atoms with Crippen LogP contribution < -0.4 is 15.4 Å². The molecule has 0 aromatic carbocycles. The standard InChI is InChI=1S/C22H36FN3O5S2/c1-14(2)4-9-17-20(29-3)18(10-11-22(17)13-30-22)31-21(28)26-16-7-5-15(6-8-16)25-19(27)12-24-33-32-23/h4,15-18,20,24H,5-13H2,1-3H3,(H,25,27)(H,26,28)/t15-,16-,17?,18?,20?,22-/m0/s1. The minimum atomic E-state index is -0.409. The molecular formula is C22H36FN3O5S2. The number of alkyl carbamates (subject to hydrolysis) is 1. The van der Waals surface area contributed by atoms with E-state index in [9.17, 15) is 13.5 Å². The minimum Gasteiger partial charge on any atom is -0.443 e. The van der Waals surface area contributed by atoms with Crippen molar-refractivity contribution >= 4 is 34.2 Å². The first-order chi connectivity index (χ1) is 15.9. The van der Waals surface area contributed by atoms with E-state index >= 15 is 0 Å². The Bertz CT molecular complexity index is 698. The molecule has 0 bridgehead atoms. The lowest BCUT2D eigenvalue weighted by Gasteiger charge is -2.40. The Balaban J connectivity index is 1.43. The lowest BCUT2D eigenvalue weighted by molar-refractivity contribution is -0.120. The first kappa shape index (κ1) is 26.6. The monoisotopic (exact) mass is 505 g/mol. The van der Waals surface area contributed by atoms with Crippen molar-refractivity contribution in [2.75, 3.05) is 20.3 Å². The van der Waals surface area contributed by atoms with Crippen LogP contribution in [0, 0.1) is 5.92 Å². The van der Waals surface area contributed by atoms with Gasteiger partial charge in [0, 0.05) is 36.1 Å². The molecule has 2 amide bonds. The third-order valence-electron chi connectivity index (χ3n) is 6.85. The lowest BCUT2D eigenvalue weighted by Crippen LogP contribution is -2.51. The van der Waals surface area contributed by atoms with Gasteiger partial charge >= 0.3 is 6.09 Å². The van der Waals surface area contributed by atoms with Crippen molar-refractivity contribution in [3.8, 4) is 0 Å². The molecule has 3 fully saturated rings. The minimum absolute atomic E-state index is 0.0198. The first-order valence-electron chi connectivity index (χ1n) is 11.6. The second-order valence-corrected chi connectivity index (χ2v) is 10.8. The van der Waals surface area contributed by atoms with Crippen molar-refractivity contribution in [2.24, 2.45) is 5.92 Å². The molecule has 0 radical (unpaired) electrons. The van der Waals surface area contributed by atoms with Gasteiger partial charge in [-0.25, -0.2) is 9.52 Å². The molecule has 4 atom stereocenters. The second kappa shape index (κ2) is 12.6. The van der Waals surface area contributed by atoms with E-state index in [1.54, 1.807) is 7.11 Å². The highest BCUT2D eigenvalue weighted by molar-refractivity contribution is 8.74. The molecule has 3 N–H and O–H groups in total. The van der Waals surface area contributed by atoms with Gasteiger partial charge in [-0.3, -0.25) is 4.79 Å². The predicted molar refractivity (Wildman–Crippen MR) is 128 cm³/mol. The van der Waals surface area contributed by atoms with Crippen LogP contribution in [0.3, 0.4) is 0 Å². The second-order valence-electron chi connectivity index (χ2n) is 9.39. The molecule has 188 valence electrons. The van der Waals surface area contributed by atoms with E-state index in [0.29, 0.717) is 0 Å². The largest absolute Gasteiger partial charge is 0.443 e. The number of epoxide rings is 1. The highest BCUT2D eigenvalue weighted by Crippen LogP contribution is 2.49. The number of nitrogens with one attached hydrogen (secondary N) is 3. The third kappa shape index (κ3) is 7.74. The SMILES string of the molecule is COC1C(OC(=O)N[C@H]2CC[C@H](NC(=O)CNSSF)CC2)CC[C@]2(CO2)C1CC=C(C)C. The van der Waals surface area contributed by atoms with Gasteiger partial charge < -0.3 is 24.8 Å². The van der Waals surface area contributed by atoms with Crippen LogP contribution >= 0.6 is 22.2 Å². The van der Waals surface area contributed by atoms with Crippen molar-refractivity contribution in [1.29, 1.82) is 0 Å². The Hall–Kier alpha value is -1.01. The van der Waals surface area contributed by atoms with Crippen LogP contribution in [-0.4, -0.2) is 62.2 Å². The Kier molecular flexibility index (Phi) is 10.2. The van der Waals surface area contributed by atoms with Crippen molar-refractivity contribution in [3.63, 3.8) is 0 Å². The molecule has 8 nitrogen and oxygen atoms in total. The molecule has 33 heavy (non-hydrogen) atoms. The summed E-state index contributed by atoms with van der Waals surface area (Å²) in [6.45, 7) is 4.97. The number of ether oxygens (including phenoxy) is 3. The van der Waals surface area contributed by atoms with Gasteiger partial charge in [0.05, 0.1) is 18.8 Å². The Morgan fingerprint density at radius 2 is 1.82 bits per heavy atom. The number of carbonyl (C=O) groups is 2. The van der Waals surface area contributed by atoms with Crippen LogP contribution in [0.25, 0.3) is 0 Å². The summed E-state index contributed by atoms with van der Waals surface area (Å²) >= 11 is 0.0727. The molecule has 2 saturated carbocycles. The van der Waals surface area contributed by atoms with Gasteiger partial charge in [-0.1, -0.05) is 11.6 Å². The van der Waals surface area contributed by atoms with Crippen molar-refractivity contribution in [2.45, 2.75) is 88.7 Å². The van der Waals surface area contributed by atoms with E-state index in [1.165, 1.54) is 5.57 Å².